The number of thiazole rings is 1. The fourth-order valence-corrected chi connectivity index (χ4v) is 5.54. The van der Waals surface area contributed by atoms with Crippen LogP contribution in [-0.2, 0) is 0 Å². The second-order valence-electron chi connectivity index (χ2n) is 9.04. The first-order valence-electron chi connectivity index (χ1n) is 12.3. The fraction of sp³-hybridized carbons (Fsp3) is 0.0667. The van der Waals surface area contributed by atoms with Crippen molar-refractivity contribution in [3.63, 3.8) is 0 Å². The third kappa shape index (κ3) is 3.91. The summed E-state index contributed by atoms with van der Waals surface area (Å²) in [6, 6.07) is 25.3. The first-order valence-corrected chi connectivity index (χ1v) is 13.1. The molecule has 0 amide bonds. The van der Waals surface area contributed by atoms with E-state index in [0.29, 0.717) is 21.1 Å². The van der Waals surface area contributed by atoms with Crippen molar-refractivity contribution in [2.24, 2.45) is 0 Å². The number of aromatic nitrogens is 5. The molecule has 0 aliphatic carbocycles. The standard InChI is InChI=1S/C30H21N5O3S/c1-18-23-10-6-7-11-24(23)38-27(18)28-31-30-35(33-28)29(36)25(39-30)16-20-17-34(21-8-4-3-5-9-21)32-26(20)19-12-14-22(37-2)15-13-19/h3-17H,1-2H3. The topological polar surface area (TPSA) is 87.4 Å². The highest BCUT2D eigenvalue weighted by Crippen LogP contribution is 2.31. The van der Waals surface area contributed by atoms with Crippen LogP contribution >= 0.6 is 11.3 Å². The number of fused-ring (bicyclic) bond motifs is 2. The second kappa shape index (κ2) is 9.07. The van der Waals surface area contributed by atoms with Crippen LogP contribution in [0.25, 0.3) is 50.5 Å². The Morgan fingerprint density at radius 2 is 1.72 bits per heavy atom. The molecule has 7 rings (SSSR count). The Kier molecular flexibility index (Phi) is 5.38. The lowest BCUT2D eigenvalue weighted by atomic mass is 10.1. The lowest BCUT2D eigenvalue weighted by Crippen LogP contribution is -2.23. The van der Waals surface area contributed by atoms with Gasteiger partial charge in [0.05, 0.1) is 17.3 Å². The zero-order valence-electron chi connectivity index (χ0n) is 21.0. The van der Waals surface area contributed by atoms with E-state index in [-0.39, 0.29) is 5.56 Å². The summed E-state index contributed by atoms with van der Waals surface area (Å²) in [6.45, 7) is 1.97. The number of para-hydroxylation sites is 2. The Morgan fingerprint density at radius 3 is 2.46 bits per heavy atom. The maximum atomic E-state index is 13.4. The van der Waals surface area contributed by atoms with Crippen molar-refractivity contribution in [2.45, 2.75) is 6.92 Å². The van der Waals surface area contributed by atoms with Gasteiger partial charge >= 0.3 is 0 Å². The molecule has 4 aromatic heterocycles. The van der Waals surface area contributed by atoms with E-state index in [2.05, 4.69) is 10.1 Å². The number of hydrogen-bond donors (Lipinski definition) is 0. The predicted octanol–water partition coefficient (Wildman–Crippen LogP) is 5.28. The van der Waals surface area contributed by atoms with Crippen LogP contribution in [-0.4, -0.2) is 31.5 Å². The molecule has 9 heteroatoms. The highest BCUT2D eigenvalue weighted by Gasteiger charge is 2.19. The maximum absolute atomic E-state index is 13.4. The zero-order chi connectivity index (χ0) is 26.5. The first kappa shape index (κ1) is 23.1. The first-order chi connectivity index (χ1) is 19.1. The molecule has 7 aromatic rings. The molecule has 0 spiro atoms. The average Bonchev–Trinajstić information content (AvgIpc) is 3.73. The minimum absolute atomic E-state index is 0.240. The van der Waals surface area contributed by atoms with Gasteiger partial charge in [-0.2, -0.15) is 14.6 Å². The smallest absolute Gasteiger partial charge is 0.291 e. The Balaban J connectivity index is 1.35. The molecule has 0 bridgehead atoms. The van der Waals surface area contributed by atoms with Crippen molar-refractivity contribution in [3.8, 4) is 34.3 Å². The predicted molar refractivity (Wildman–Crippen MR) is 151 cm³/mol. The molecule has 39 heavy (non-hydrogen) atoms. The molecule has 0 unspecified atom stereocenters. The van der Waals surface area contributed by atoms with Gasteiger partial charge < -0.3 is 9.15 Å². The van der Waals surface area contributed by atoms with Crippen molar-refractivity contribution in [2.75, 3.05) is 7.11 Å². The minimum Gasteiger partial charge on any atom is -0.497 e. The van der Waals surface area contributed by atoms with Gasteiger partial charge in [-0.3, -0.25) is 4.79 Å². The van der Waals surface area contributed by atoms with Gasteiger partial charge in [0.25, 0.3) is 5.56 Å². The van der Waals surface area contributed by atoms with Gasteiger partial charge in [-0.05, 0) is 55.5 Å². The van der Waals surface area contributed by atoms with E-state index in [1.54, 1.807) is 7.11 Å². The number of ether oxygens (including phenoxy) is 1. The van der Waals surface area contributed by atoms with Crippen LogP contribution in [0.5, 0.6) is 5.75 Å². The molecule has 4 heterocycles. The molecule has 0 fully saturated rings. The molecule has 0 saturated carbocycles. The van der Waals surface area contributed by atoms with Crippen LogP contribution < -0.4 is 14.8 Å². The molecule has 0 saturated heterocycles. The van der Waals surface area contributed by atoms with Gasteiger partial charge in [0, 0.05) is 28.3 Å². The molecule has 190 valence electrons. The Labute approximate surface area is 226 Å². The Morgan fingerprint density at radius 1 is 0.949 bits per heavy atom. The summed E-state index contributed by atoms with van der Waals surface area (Å²) in [6.07, 6.45) is 3.77. The number of methoxy groups -OCH3 is 1. The number of furan rings is 1. The maximum Gasteiger partial charge on any atom is 0.291 e. The lowest BCUT2D eigenvalue weighted by molar-refractivity contribution is 0.415. The van der Waals surface area contributed by atoms with Crippen molar-refractivity contribution in [1.82, 2.24) is 24.4 Å². The van der Waals surface area contributed by atoms with Crippen molar-refractivity contribution < 1.29 is 9.15 Å². The number of rotatable bonds is 5. The normalized spacial score (nSPS) is 12.1. The summed E-state index contributed by atoms with van der Waals surface area (Å²) in [5.41, 5.74) is 4.85. The van der Waals surface area contributed by atoms with Gasteiger partial charge in [0.2, 0.25) is 10.8 Å². The summed E-state index contributed by atoms with van der Waals surface area (Å²) >= 11 is 1.28. The van der Waals surface area contributed by atoms with Gasteiger partial charge in [0.1, 0.15) is 17.0 Å². The number of aryl methyl sites for hydroxylation is 1. The van der Waals surface area contributed by atoms with Crippen LogP contribution in [0.3, 0.4) is 0 Å². The third-order valence-electron chi connectivity index (χ3n) is 6.64. The van der Waals surface area contributed by atoms with Crippen molar-refractivity contribution >= 4 is 33.3 Å². The summed E-state index contributed by atoms with van der Waals surface area (Å²) < 4.78 is 15.0. The van der Waals surface area contributed by atoms with E-state index in [0.717, 1.165) is 44.8 Å². The third-order valence-corrected chi connectivity index (χ3v) is 7.60. The molecule has 0 aliphatic rings. The van der Waals surface area contributed by atoms with Crippen LogP contribution in [0.15, 0.2) is 94.3 Å². The quantitative estimate of drug-likeness (QED) is 0.300. The van der Waals surface area contributed by atoms with Gasteiger partial charge in [-0.1, -0.05) is 47.7 Å². The number of hydrogen-bond acceptors (Lipinski definition) is 7. The van der Waals surface area contributed by atoms with E-state index in [1.807, 2.05) is 103 Å². The van der Waals surface area contributed by atoms with E-state index >= 15 is 0 Å². The van der Waals surface area contributed by atoms with E-state index in [9.17, 15) is 4.79 Å². The molecule has 3 aromatic carbocycles. The fourth-order valence-electron chi connectivity index (χ4n) is 4.64. The van der Waals surface area contributed by atoms with Gasteiger partial charge in [0.15, 0.2) is 5.76 Å². The SMILES string of the molecule is COc1ccc(-c2nn(-c3ccccc3)cc2C=c2sc3nc(-c4oc5ccccc5c4C)nn3c2=O)cc1. The summed E-state index contributed by atoms with van der Waals surface area (Å²) in [4.78, 5) is 18.5. The highest BCUT2D eigenvalue weighted by atomic mass is 32.1. The summed E-state index contributed by atoms with van der Waals surface area (Å²) in [5, 5.41) is 10.4. The molecule has 0 radical (unpaired) electrons. The number of nitrogens with zero attached hydrogens (tertiary/aromatic N) is 5. The average molecular weight is 532 g/mol. The molecule has 0 N–H and O–H groups in total. The van der Waals surface area contributed by atoms with Crippen LogP contribution in [0, 0.1) is 6.92 Å². The minimum atomic E-state index is -0.240. The monoisotopic (exact) mass is 531 g/mol. The van der Waals surface area contributed by atoms with Crippen molar-refractivity contribution in [1.29, 1.82) is 0 Å². The Hall–Kier alpha value is -5.02. The summed E-state index contributed by atoms with van der Waals surface area (Å²) in [5.74, 6) is 1.73. The molecule has 0 aliphatic heterocycles. The number of benzene rings is 3. The van der Waals surface area contributed by atoms with Crippen molar-refractivity contribution in [3.05, 3.63) is 111 Å². The van der Waals surface area contributed by atoms with E-state index in [4.69, 9.17) is 14.3 Å². The molecular weight excluding hydrogens is 510 g/mol. The molecule has 8 nitrogen and oxygen atoms in total. The Bertz CT molecular complexity index is 2090. The summed E-state index contributed by atoms with van der Waals surface area (Å²) in [7, 11) is 1.64. The molecule has 0 atom stereocenters. The highest BCUT2D eigenvalue weighted by molar-refractivity contribution is 7.15. The van der Waals surface area contributed by atoms with Crippen LogP contribution in [0.2, 0.25) is 0 Å². The van der Waals surface area contributed by atoms with Gasteiger partial charge in [-0.25, -0.2) is 4.68 Å². The molecular formula is C30H21N5O3S. The van der Waals surface area contributed by atoms with E-state index < -0.39 is 0 Å². The van der Waals surface area contributed by atoms with E-state index in [1.165, 1.54) is 15.9 Å². The largest absolute Gasteiger partial charge is 0.497 e. The zero-order valence-corrected chi connectivity index (χ0v) is 21.8. The lowest BCUT2D eigenvalue weighted by Gasteiger charge is -2.02. The second-order valence-corrected chi connectivity index (χ2v) is 10.0. The van der Waals surface area contributed by atoms with Crippen LogP contribution in [0.4, 0.5) is 0 Å². The van der Waals surface area contributed by atoms with Crippen LogP contribution in [0.1, 0.15) is 11.1 Å². The van der Waals surface area contributed by atoms with Gasteiger partial charge in [-0.15, -0.1) is 5.10 Å².